The van der Waals surface area contributed by atoms with E-state index in [1.807, 2.05) is 6.07 Å². The minimum atomic E-state index is 0.351. The van der Waals surface area contributed by atoms with Crippen molar-refractivity contribution in [2.45, 2.75) is 12.5 Å². The summed E-state index contributed by atoms with van der Waals surface area (Å²) in [5.41, 5.74) is 3.83. The van der Waals surface area contributed by atoms with Crippen LogP contribution in [0.5, 0.6) is 5.75 Å². The second-order valence-corrected chi connectivity index (χ2v) is 5.39. The van der Waals surface area contributed by atoms with Crippen molar-refractivity contribution in [3.05, 3.63) is 58.1 Å². The van der Waals surface area contributed by atoms with E-state index in [9.17, 15) is 0 Å². The third kappa shape index (κ3) is 2.10. The zero-order chi connectivity index (χ0) is 12.5. The Morgan fingerprint density at radius 1 is 1.22 bits per heavy atom. The number of fused-ring (bicyclic) bond motifs is 1. The number of rotatable bonds is 2. The van der Waals surface area contributed by atoms with Gasteiger partial charge in [0.15, 0.2) is 0 Å². The van der Waals surface area contributed by atoms with Crippen LogP contribution in [0, 0.1) is 0 Å². The molecule has 1 N–H and O–H groups in total. The fraction of sp³-hybridized carbons (Fsp3) is 0.200. The van der Waals surface area contributed by atoms with Crippen LogP contribution in [0.2, 0.25) is 0 Å². The molecule has 0 saturated heterocycles. The highest BCUT2D eigenvalue weighted by Gasteiger charge is 2.22. The minimum absolute atomic E-state index is 0.351. The summed E-state index contributed by atoms with van der Waals surface area (Å²) in [6, 6.07) is 15.0. The molecule has 2 aromatic rings. The van der Waals surface area contributed by atoms with Crippen molar-refractivity contribution in [2.75, 3.05) is 12.4 Å². The molecule has 0 saturated carbocycles. The molecule has 0 amide bonds. The average Bonchev–Trinajstić information content (AvgIpc) is 2.81. The van der Waals surface area contributed by atoms with Crippen molar-refractivity contribution >= 4 is 21.6 Å². The third-order valence-electron chi connectivity index (χ3n) is 3.32. The summed E-state index contributed by atoms with van der Waals surface area (Å²) in [5, 5.41) is 3.55. The Bertz CT molecular complexity index is 582. The molecule has 2 nitrogen and oxygen atoms in total. The summed E-state index contributed by atoms with van der Waals surface area (Å²) in [7, 11) is 1.70. The van der Waals surface area contributed by atoms with Gasteiger partial charge in [-0.1, -0.05) is 34.1 Å². The van der Waals surface area contributed by atoms with Gasteiger partial charge in [0.25, 0.3) is 0 Å². The van der Waals surface area contributed by atoms with Crippen LogP contribution < -0.4 is 10.1 Å². The number of methoxy groups -OCH3 is 1. The van der Waals surface area contributed by atoms with Crippen molar-refractivity contribution in [1.82, 2.24) is 0 Å². The lowest BCUT2D eigenvalue weighted by Gasteiger charge is -2.12. The van der Waals surface area contributed by atoms with E-state index in [1.54, 1.807) is 7.11 Å². The quantitative estimate of drug-likeness (QED) is 0.899. The van der Waals surface area contributed by atoms with Gasteiger partial charge in [0, 0.05) is 16.2 Å². The molecule has 1 atom stereocenters. The first-order chi connectivity index (χ1) is 8.76. The predicted octanol–water partition coefficient (Wildman–Crippen LogP) is 4.17. The van der Waals surface area contributed by atoms with Crippen LogP contribution >= 0.6 is 15.9 Å². The molecule has 0 radical (unpaired) electrons. The molecule has 1 aliphatic rings. The van der Waals surface area contributed by atoms with Crippen LogP contribution in [-0.2, 0) is 6.42 Å². The van der Waals surface area contributed by atoms with Gasteiger partial charge in [0.05, 0.1) is 13.2 Å². The summed E-state index contributed by atoms with van der Waals surface area (Å²) in [5.74, 6) is 0.899. The van der Waals surface area contributed by atoms with Gasteiger partial charge in [0.1, 0.15) is 5.75 Å². The Morgan fingerprint density at radius 2 is 2.11 bits per heavy atom. The lowest BCUT2D eigenvalue weighted by molar-refractivity contribution is 0.415. The standard InChI is InChI=1S/C15H14BrNO/c1-18-13-6-5-11-8-14(17-15(11)9-13)10-3-2-4-12(16)7-10/h2-7,9,14,17H,8H2,1H3. The van der Waals surface area contributed by atoms with E-state index in [0.29, 0.717) is 6.04 Å². The molecule has 92 valence electrons. The summed E-state index contributed by atoms with van der Waals surface area (Å²) >= 11 is 3.52. The lowest BCUT2D eigenvalue weighted by Crippen LogP contribution is -2.05. The van der Waals surface area contributed by atoms with E-state index in [-0.39, 0.29) is 0 Å². The molecule has 3 heteroatoms. The van der Waals surface area contributed by atoms with Crippen molar-refractivity contribution in [3.63, 3.8) is 0 Å². The fourth-order valence-electron chi connectivity index (χ4n) is 2.38. The molecule has 2 aromatic carbocycles. The SMILES string of the molecule is COc1ccc2c(c1)NC(c1cccc(Br)c1)C2. The van der Waals surface area contributed by atoms with Gasteiger partial charge in [-0.3, -0.25) is 0 Å². The van der Waals surface area contributed by atoms with Crippen LogP contribution in [0.15, 0.2) is 46.9 Å². The first-order valence-electron chi connectivity index (χ1n) is 5.95. The van der Waals surface area contributed by atoms with Crippen molar-refractivity contribution in [1.29, 1.82) is 0 Å². The molecule has 3 rings (SSSR count). The fourth-order valence-corrected chi connectivity index (χ4v) is 2.80. The van der Waals surface area contributed by atoms with Gasteiger partial charge in [-0.05, 0) is 35.7 Å². The lowest BCUT2D eigenvalue weighted by atomic mass is 10.0. The summed E-state index contributed by atoms with van der Waals surface area (Å²) in [6.45, 7) is 0. The Balaban J connectivity index is 1.88. The molecule has 0 fully saturated rings. The Kier molecular flexibility index (Phi) is 3.00. The van der Waals surface area contributed by atoms with Gasteiger partial charge in [0.2, 0.25) is 0 Å². The van der Waals surface area contributed by atoms with Crippen molar-refractivity contribution in [2.24, 2.45) is 0 Å². The third-order valence-corrected chi connectivity index (χ3v) is 3.82. The number of hydrogen-bond acceptors (Lipinski definition) is 2. The van der Waals surface area contributed by atoms with Crippen LogP contribution in [0.3, 0.4) is 0 Å². The number of hydrogen-bond donors (Lipinski definition) is 1. The van der Waals surface area contributed by atoms with Gasteiger partial charge in [-0.25, -0.2) is 0 Å². The predicted molar refractivity (Wildman–Crippen MR) is 77.2 cm³/mol. The smallest absolute Gasteiger partial charge is 0.120 e. The Labute approximate surface area is 115 Å². The van der Waals surface area contributed by atoms with Gasteiger partial charge in [-0.15, -0.1) is 0 Å². The minimum Gasteiger partial charge on any atom is -0.497 e. The molecule has 18 heavy (non-hydrogen) atoms. The molecule has 1 heterocycles. The Morgan fingerprint density at radius 3 is 2.89 bits per heavy atom. The molecule has 1 unspecified atom stereocenters. The van der Waals surface area contributed by atoms with Crippen molar-refractivity contribution < 1.29 is 4.74 Å². The molecule has 0 spiro atoms. The summed E-state index contributed by atoms with van der Waals surface area (Å²) in [4.78, 5) is 0. The van der Waals surface area contributed by atoms with E-state index in [1.165, 1.54) is 16.8 Å². The van der Waals surface area contributed by atoms with Gasteiger partial charge < -0.3 is 10.1 Å². The maximum atomic E-state index is 5.25. The van der Waals surface area contributed by atoms with Gasteiger partial charge in [-0.2, -0.15) is 0 Å². The monoisotopic (exact) mass is 303 g/mol. The van der Waals surface area contributed by atoms with E-state index >= 15 is 0 Å². The number of nitrogens with one attached hydrogen (secondary N) is 1. The molecule has 0 bridgehead atoms. The highest BCUT2D eigenvalue weighted by molar-refractivity contribution is 9.10. The van der Waals surface area contributed by atoms with Crippen molar-refractivity contribution in [3.8, 4) is 5.75 Å². The van der Waals surface area contributed by atoms with E-state index in [0.717, 1.165) is 16.6 Å². The second-order valence-electron chi connectivity index (χ2n) is 4.48. The van der Waals surface area contributed by atoms with E-state index < -0.39 is 0 Å². The maximum absolute atomic E-state index is 5.25. The zero-order valence-corrected chi connectivity index (χ0v) is 11.7. The number of halogens is 1. The largest absolute Gasteiger partial charge is 0.497 e. The first kappa shape index (κ1) is 11.6. The molecule has 0 aliphatic carbocycles. The van der Waals surface area contributed by atoms with Crippen LogP contribution in [0.4, 0.5) is 5.69 Å². The zero-order valence-electron chi connectivity index (χ0n) is 10.1. The second kappa shape index (κ2) is 4.65. The Hall–Kier alpha value is -1.48. The molecular weight excluding hydrogens is 290 g/mol. The van der Waals surface area contributed by atoms with Crippen LogP contribution in [0.1, 0.15) is 17.2 Å². The van der Waals surface area contributed by atoms with E-state index in [2.05, 4.69) is 57.6 Å². The van der Waals surface area contributed by atoms with Crippen LogP contribution in [0.25, 0.3) is 0 Å². The molecule has 1 aliphatic heterocycles. The summed E-state index contributed by atoms with van der Waals surface area (Å²) < 4.78 is 6.37. The first-order valence-corrected chi connectivity index (χ1v) is 6.74. The topological polar surface area (TPSA) is 21.3 Å². The number of ether oxygens (including phenoxy) is 1. The highest BCUT2D eigenvalue weighted by atomic mass is 79.9. The number of anilines is 1. The highest BCUT2D eigenvalue weighted by Crippen LogP contribution is 2.36. The summed E-state index contributed by atoms with van der Waals surface area (Å²) in [6.07, 6.45) is 1.02. The molecular formula is C15H14BrNO. The van der Waals surface area contributed by atoms with Gasteiger partial charge >= 0.3 is 0 Å². The van der Waals surface area contributed by atoms with Crippen LogP contribution in [-0.4, -0.2) is 7.11 Å². The van der Waals surface area contributed by atoms with E-state index in [4.69, 9.17) is 4.74 Å². The number of benzene rings is 2. The maximum Gasteiger partial charge on any atom is 0.120 e. The normalized spacial score (nSPS) is 17.1. The average molecular weight is 304 g/mol. The molecule has 0 aromatic heterocycles.